The van der Waals surface area contributed by atoms with Gasteiger partial charge in [-0.2, -0.15) is 0 Å². The van der Waals surface area contributed by atoms with Crippen molar-refractivity contribution in [3.05, 3.63) is 130 Å². The van der Waals surface area contributed by atoms with Crippen LogP contribution in [0.25, 0.3) is 22.0 Å². The van der Waals surface area contributed by atoms with Crippen LogP contribution in [0.3, 0.4) is 0 Å². The van der Waals surface area contributed by atoms with Gasteiger partial charge in [-0.25, -0.2) is 4.79 Å². The van der Waals surface area contributed by atoms with Gasteiger partial charge >= 0.3 is 12.1 Å². The number of benzene rings is 4. The fourth-order valence-corrected chi connectivity index (χ4v) is 6.70. The lowest BCUT2D eigenvalue weighted by Crippen LogP contribution is -2.52. The highest BCUT2D eigenvalue weighted by molar-refractivity contribution is 9.10. The second-order valence-electron chi connectivity index (χ2n) is 11.6. The van der Waals surface area contributed by atoms with Crippen molar-refractivity contribution in [1.82, 2.24) is 9.88 Å². The van der Waals surface area contributed by atoms with E-state index >= 15 is 0 Å². The predicted molar refractivity (Wildman–Crippen MR) is 168 cm³/mol. The van der Waals surface area contributed by atoms with Crippen molar-refractivity contribution in [2.24, 2.45) is 0 Å². The molecule has 7 heteroatoms. The number of aromatic nitrogens is 1. The van der Waals surface area contributed by atoms with E-state index in [-0.39, 0.29) is 6.42 Å². The molecule has 1 aliphatic carbocycles. The van der Waals surface area contributed by atoms with Crippen molar-refractivity contribution in [2.45, 2.75) is 44.4 Å². The van der Waals surface area contributed by atoms with E-state index in [2.05, 4.69) is 45.5 Å². The lowest BCUT2D eigenvalue weighted by Gasteiger charge is -2.36. The molecule has 1 heterocycles. The van der Waals surface area contributed by atoms with Crippen LogP contribution < -0.4 is 5.32 Å². The number of carboxylic acid groups (broad SMARTS) is 1. The molecular weight excluding hydrogens is 592 g/mol. The van der Waals surface area contributed by atoms with E-state index in [1.807, 2.05) is 93.6 Å². The molecule has 0 saturated heterocycles. The summed E-state index contributed by atoms with van der Waals surface area (Å²) in [5.41, 5.74) is 4.86. The lowest BCUT2D eigenvalue weighted by molar-refractivity contribution is -0.139. The van der Waals surface area contributed by atoms with E-state index in [4.69, 9.17) is 4.74 Å². The molecule has 1 atom stereocenters. The zero-order valence-corrected chi connectivity index (χ0v) is 25.2. The van der Waals surface area contributed by atoms with Crippen LogP contribution in [0.5, 0.6) is 0 Å². The van der Waals surface area contributed by atoms with Crippen LogP contribution in [0.1, 0.15) is 43.0 Å². The van der Waals surface area contributed by atoms with Crippen LogP contribution in [-0.4, -0.2) is 33.4 Å². The molecule has 0 saturated carbocycles. The Bertz CT molecular complexity index is 1770. The molecule has 1 aromatic heterocycles. The molecule has 42 heavy (non-hydrogen) atoms. The fraction of sp³-hybridized carbons (Fsp3) is 0.200. The second kappa shape index (κ2) is 10.6. The normalized spacial score (nSPS) is 14.3. The molecule has 212 valence electrons. The maximum absolute atomic E-state index is 13.2. The summed E-state index contributed by atoms with van der Waals surface area (Å²) in [7, 11) is 0. The van der Waals surface area contributed by atoms with Crippen LogP contribution in [0, 0.1) is 0 Å². The first-order chi connectivity index (χ1) is 20.1. The molecule has 0 bridgehead atoms. The van der Waals surface area contributed by atoms with Gasteiger partial charge in [-0.15, -0.1) is 0 Å². The minimum atomic E-state index is -1.01. The molecular formula is C35H31BrN2O4. The first-order valence-electron chi connectivity index (χ1n) is 13.9. The minimum Gasteiger partial charge on any atom is -0.480 e. The Morgan fingerprint density at radius 1 is 0.881 bits per heavy atom. The highest BCUT2D eigenvalue weighted by Crippen LogP contribution is 2.51. The van der Waals surface area contributed by atoms with Crippen LogP contribution in [0.15, 0.2) is 108 Å². The average Bonchev–Trinajstić information content (AvgIpc) is 3.48. The van der Waals surface area contributed by atoms with Crippen LogP contribution in [0.2, 0.25) is 0 Å². The van der Waals surface area contributed by atoms with Gasteiger partial charge in [-0.05, 0) is 66.3 Å². The highest BCUT2D eigenvalue weighted by Gasteiger charge is 2.46. The standard InChI is InChI=1S/C35H31BrN2O4/c1-34(2,3)42-33(41)38-21-22(31-28(36)18-11-19-30(31)38)20-29(32(39)40)37-35(23-12-5-4-6-13-23)26-16-9-7-14-24(26)25-15-8-10-17-27(25)35/h4-19,21,29,37H,20H2,1-3H3,(H,39,40)/t29-/m1/s1. The molecule has 2 N–H and O–H groups in total. The van der Waals surface area contributed by atoms with Crippen LogP contribution in [-0.2, 0) is 21.5 Å². The number of carbonyl (C=O) groups excluding carboxylic acids is 1. The number of hydrogen-bond acceptors (Lipinski definition) is 4. The summed E-state index contributed by atoms with van der Waals surface area (Å²) >= 11 is 3.64. The Balaban J connectivity index is 1.50. The number of carbonyl (C=O) groups is 2. The summed E-state index contributed by atoms with van der Waals surface area (Å²) in [5, 5.41) is 15.1. The summed E-state index contributed by atoms with van der Waals surface area (Å²) in [4.78, 5) is 26.3. The van der Waals surface area contributed by atoms with Crippen LogP contribution in [0.4, 0.5) is 4.79 Å². The number of fused-ring (bicyclic) bond motifs is 4. The number of rotatable bonds is 6. The molecule has 4 aromatic carbocycles. The van der Waals surface area contributed by atoms with Gasteiger partial charge in [0.1, 0.15) is 11.6 Å². The van der Waals surface area contributed by atoms with Crippen molar-refractivity contribution < 1.29 is 19.4 Å². The topological polar surface area (TPSA) is 80.6 Å². The van der Waals surface area contributed by atoms with Gasteiger partial charge in [0.05, 0.1) is 11.1 Å². The minimum absolute atomic E-state index is 0.128. The molecule has 0 spiro atoms. The number of hydrogen-bond donors (Lipinski definition) is 2. The number of ether oxygens (including phenoxy) is 1. The largest absolute Gasteiger partial charge is 0.480 e. The smallest absolute Gasteiger partial charge is 0.419 e. The SMILES string of the molecule is CC(C)(C)OC(=O)n1cc(C[C@@H](NC2(c3ccccc3)c3ccccc3-c3ccccc32)C(=O)O)c2c(Br)cccc21. The quantitative estimate of drug-likeness (QED) is 0.202. The maximum Gasteiger partial charge on any atom is 0.419 e. The first-order valence-corrected chi connectivity index (χ1v) is 14.7. The molecule has 0 unspecified atom stereocenters. The van der Waals surface area contributed by atoms with Crippen molar-refractivity contribution in [3.63, 3.8) is 0 Å². The van der Waals surface area contributed by atoms with E-state index in [1.54, 1.807) is 6.20 Å². The third kappa shape index (κ3) is 4.72. The van der Waals surface area contributed by atoms with E-state index in [0.717, 1.165) is 37.7 Å². The number of carboxylic acids is 1. The fourth-order valence-electron chi connectivity index (χ4n) is 6.09. The molecule has 6 nitrogen and oxygen atoms in total. The summed E-state index contributed by atoms with van der Waals surface area (Å²) < 4.78 is 7.91. The zero-order valence-electron chi connectivity index (χ0n) is 23.6. The lowest BCUT2D eigenvalue weighted by atomic mass is 9.79. The summed E-state index contributed by atoms with van der Waals surface area (Å²) in [6.07, 6.45) is 1.31. The van der Waals surface area contributed by atoms with E-state index in [9.17, 15) is 14.7 Å². The highest BCUT2D eigenvalue weighted by atomic mass is 79.9. The van der Waals surface area contributed by atoms with Crippen molar-refractivity contribution in [2.75, 3.05) is 0 Å². The molecule has 0 fully saturated rings. The predicted octanol–water partition coefficient (Wildman–Crippen LogP) is 7.74. The summed E-state index contributed by atoms with van der Waals surface area (Å²) in [6.45, 7) is 5.45. The second-order valence-corrected chi connectivity index (χ2v) is 12.4. The molecule has 0 aliphatic heterocycles. The molecule has 5 aromatic rings. The maximum atomic E-state index is 13.2. The van der Waals surface area contributed by atoms with Gasteiger partial charge in [0.15, 0.2) is 0 Å². The Labute approximate surface area is 253 Å². The zero-order chi connectivity index (χ0) is 29.6. The van der Waals surface area contributed by atoms with E-state index in [0.29, 0.717) is 11.1 Å². The van der Waals surface area contributed by atoms with Crippen molar-refractivity contribution in [1.29, 1.82) is 0 Å². The summed E-state index contributed by atoms with van der Waals surface area (Å²) in [5.74, 6) is -0.989. The monoisotopic (exact) mass is 622 g/mol. The van der Waals surface area contributed by atoms with Gasteiger partial charge in [0.25, 0.3) is 0 Å². The number of nitrogens with one attached hydrogen (secondary N) is 1. The number of nitrogens with zero attached hydrogens (tertiary/aromatic N) is 1. The van der Waals surface area contributed by atoms with Crippen LogP contribution >= 0.6 is 15.9 Å². The third-order valence-electron chi connectivity index (χ3n) is 7.72. The van der Waals surface area contributed by atoms with Gasteiger partial charge in [-0.3, -0.25) is 14.7 Å². The van der Waals surface area contributed by atoms with E-state index in [1.165, 1.54) is 4.57 Å². The van der Waals surface area contributed by atoms with Gasteiger partial charge in [-0.1, -0.05) is 101 Å². The third-order valence-corrected chi connectivity index (χ3v) is 8.38. The Morgan fingerprint density at radius 2 is 1.48 bits per heavy atom. The average molecular weight is 624 g/mol. The van der Waals surface area contributed by atoms with Gasteiger partial charge in [0, 0.05) is 22.5 Å². The van der Waals surface area contributed by atoms with Crippen molar-refractivity contribution >= 4 is 38.9 Å². The van der Waals surface area contributed by atoms with E-state index < -0.39 is 29.2 Å². The Hall–Kier alpha value is -4.20. The summed E-state index contributed by atoms with van der Waals surface area (Å²) in [6, 6.07) is 30.9. The Morgan fingerprint density at radius 3 is 2.07 bits per heavy atom. The van der Waals surface area contributed by atoms with Crippen molar-refractivity contribution in [3.8, 4) is 11.1 Å². The molecule has 6 rings (SSSR count). The molecule has 1 aliphatic rings. The Kier molecular flexibility index (Phi) is 7.03. The number of halogens is 1. The first kappa shape index (κ1) is 27.9. The van der Waals surface area contributed by atoms with Gasteiger partial charge < -0.3 is 9.84 Å². The molecule has 0 radical (unpaired) electrons. The van der Waals surface area contributed by atoms with Gasteiger partial charge in [0.2, 0.25) is 0 Å². The molecule has 0 amide bonds. The number of aliphatic carboxylic acids is 1.